The molecule has 2 aromatic rings. The highest BCUT2D eigenvalue weighted by molar-refractivity contribution is 5.91. The van der Waals surface area contributed by atoms with Gasteiger partial charge in [0.1, 0.15) is 5.75 Å². The lowest BCUT2D eigenvalue weighted by Gasteiger charge is -2.23. The summed E-state index contributed by atoms with van der Waals surface area (Å²) in [6.45, 7) is 0.0645. The first-order valence-electron chi connectivity index (χ1n) is 8.22. The molecule has 0 aliphatic carbocycles. The zero-order chi connectivity index (χ0) is 17.8. The molecule has 2 atom stereocenters. The minimum Gasteiger partial charge on any atom is -0.496 e. The number of carbonyl (C=O) groups excluding carboxylic acids is 1. The van der Waals surface area contributed by atoms with Crippen molar-refractivity contribution in [2.24, 2.45) is 0 Å². The van der Waals surface area contributed by atoms with Crippen LogP contribution >= 0.6 is 0 Å². The minimum absolute atomic E-state index is 0.161. The number of ether oxygens (including phenoxy) is 1. The second-order valence-electron chi connectivity index (χ2n) is 6.09. The number of hydrogen-bond acceptors (Lipinski definition) is 4. The normalized spacial score (nSPS) is 19.7. The Morgan fingerprint density at radius 2 is 2.08 bits per heavy atom. The Hall–Kier alpha value is -2.57. The Balaban J connectivity index is 1.79. The topological polar surface area (TPSA) is 82.0 Å². The molecule has 1 aliphatic heterocycles. The number of nitrogens with zero attached hydrogens (tertiary/aromatic N) is 1. The number of rotatable bonds is 4. The van der Waals surface area contributed by atoms with Crippen molar-refractivity contribution in [1.29, 1.82) is 0 Å². The molecule has 132 valence electrons. The number of hydrogen-bond donors (Lipinski definition) is 3. The molecule has 1 aliphatic rings. The lowest BCUT2D eigenvalue weighted by molar-refractivity contribution is 0.164. The molecule has 0 bridgehead atoms. The SMILES string of the molecule is COc1ccccc1-c1cccc(NC(=O)N2CC(O)CC2CO)c1. The molecule has 3 N–H and O–H groups in total. The fourth-order valence-corrected chi connectivity index (χ4v) is 3.16. The summed E-state index contributed by atoms with van der Waals surface area (Å²) in [4.78, 5) is 13.9. The summed E-state index contributed by atoms with van der Waals surface area (Å²) in [6.07, 6.45) is -0.201. The van der Waals surface area contributed by atoms with E-state index < -0.39 is 6.10 Å². The summed E-state index contributed by atoms with van der Waals surface area (Å²) in [5, 5.41) is 21.9. The number of para-hydroxylation sites is 1. The fraction of sp³-hybridized carbons (Fsp3) is 0.316. The van der Waals surface area contributed by atoms with Crippen molar-refractivity contribution in [2.45, 2.75) is 18.6 Å². The average Bonchev–Trinajstić information content (AvgIpc) is 3.03. The monoisotopic (exact) mass is 342 g/mol. The van der Waals surface area contributed by atoms with Crippen LogP contribution in [0.1, 0.15) is 6.42 Å². The van der Waals surface area contributed by atoms with Crippen LogP contribution < -0.4 is 10.1 Å². The number of likely N-dealkylation sites (tertiary alicyclic amines) is 1. The van der Waals surface area contributed by atoms with Gasteiger partial charge in [-0.05, 0) is 30.2 Å². The van der Waals surface area contributed by atoms with Gasteiger partial charge >= 0.3 is 6.03 Å². The molecule has 25 heavy (non-hydrogen) atoms. The van der Waals surface area contributed by atoms with E-state index in [1.54, 1.807) is 13.2 Å². The van der Waals surface area contributed by atoms with Crippen LogP contribution in [0, 0.1) is 0 Å². The van der Waals surface area contributed by atoms with E-state index >= 15 is 0 Å². The predicted octanol–water partition coefficient (Wildman–Crippen LogP) is 2.32. The zero-order valence-corrected chi connectivity index (χ0v) is 14.1. The lowest BCUT2D eigenvalue weighted by Crippen LogP contribution is -2.40. The van der Waals surface area contributed by atoms with Gasteiger partial charge in [-0.3, -0.25) is 0 Å². The molecule has 2 unspecified atom stereocenters. The van der Waals surface area contributed by atoms with Gasteiger partial charge in [-0.15, -0.1) is 0 Å². The van der Waals surface area contributed by atoms with Crippen molar-refractivity contribution in [3.05, 3.63) is 48.5 Å². The van der Waals surface area contributed by atoms with Crippen molar-refractivity contribution in [2.75, 3.05) is 25.6 Å². The number of benzene rings is 2. The predicted molar refractivity (Wildman–Crippen MR) is 95.7 cm³/mol. The van der Waals surface area contributed by atoms with Crippen LogP contribution in [0.2, 0.25) is 0 Å². The number of β-amino-alcohol motifs (C(OH)–C–C–N with tert-alkyl or cyclic N) is 1. The first-order chi connectivity index (χ1) is 12.1. The number of aliphatic hydroxyl groups is 2. The van der Waals surface area contributed by atoms with Crippen molar-refractivity contribution in [3.63, 3.8) is 0 Å². The highest BCUT2D eigenvalue weighted by Crippen LogP contribution is 2.31. The molecule has 0 radical (unpaired) electrons. The van der Waals surface area contributed by atoms with E-state index in [1.807, 2.05) is 42.5 Å². The number of methoxy groups -OCH3 is 1. The molecule has 3 rings (SSSR count). The molecule has 1 fully saturated rings. The largest absolute Gasteiger partial charge is 0.496 e. The van der Waals surface area contributed by atoms with Crippen molar-refractivity contribution >= 4 is 11.7 Å². The third-order valence-corrected chi connectivity index (χ3v) is 4.40. The molecular weight excluding hydrogens is 320 g/mol. The van der Waals surface area contributed by atoms with Crippen LogP contribution in [-0.2, 0) is 0 Å². The van der Waals surface area contributed by atoms with Gasteiger partial charge in [0.05, 0.1) is 25.9 Å². The van der Waals surface area contributed by atoms with E-state index in [-0.39, 0.29) is 25.2 Å². The first-order valence-corrected chi connectivity index (χ1v) is 8.22. The van der Waals surface area contributed by atoms with Crippen LogP contribution in [0.15, 0.2) is 48.5 Å². The summed E-state index contributed by atoms with van der Waals surface area (Å²) < 4.78 is 5.39. The molecule has 6 nitrogen and oxygen atoms in total. The molecule has 2 amide bonds. The maximum Gasteiger partial charge on any atom is 0.322 e. The number of anilines is 1. The first kappa shape index (κ1) is 17.3. The highest BCUT2D eigenvalue weighted by atomic mass is 16.5. The Kier molecular flexibility index (Phi) is 5.21. The maximum absolute atomic E-state index is 12.5. The highest BCUT2D eigenvalue weighted by Gasteiger charge is 2.33. The second kappa shape index (κ2) is 7.55. The zero-order valence-electron chi connectivity index (χ0n) is 14.1. The quantitative estimate of drug-likeness (QED) is 0.796. The summed E-state index contributed by atoms with van der Waals surface area (Å²) >= 11 is 0. The second-order valence-corrected chi connectivity index (χ2v) is 6.09. The van der Waals surface area contributed by atoms with Gasteiger partial charge < -0.3 is 25.2 Å². The number of amides is 2. The molecule has 1 saturated heterocycles. The average molecular weight is 342 g/mol. The van der Waals surface area contributed by atoms with Gasteiger partial charge in [0, 0.05) is 17.8 Å². The summed E-state index contributed by atoms with van der Waals surface area (Å²) in [5.41, 5.74) is 2.51. The fourth-order valence-electron chi connectivity index (χ4n) is 3.16. The minimum atomic E-state index is -0.595. The van der Waals surface area contributed by atoms with E-state index in [1.165, 1.54) is 4.90 Å². The van der Waals surface area contributed by atoms with Crippen molar-refractivity contribution in [1.82, 2.24) is 4.90 Å². The van der Waals surface area contributed by atoms with E-state index in [4.69, 9.17) is 4.74 Å². The smallest absolute Gasteiger partial charge is 0.322 e. The molecule has 0 saturated carbocycles. The van der Waals surface area contributed by atoms with Gasteiger partial charge in [0.25, 0.3) is 0 Å². The van der Waals surface area contributed by atoms with Gasteiger partial charge in [-0.2, -0.15) is 0 Å². The number of urea groups is 1. The van der Waals surface area contributed by atoms with Gasteiger partial charge in [-0.25, -0.2) is 4.79 Å². The molecule has 1 heterocycles. The van der Waals surface area contributed by atoms with Crippen LogP contribution in [0.5, 0.6) is 5.75 Å². The summed E-state index contributed by atoms with van der Waals surface area (Å²) in [5.74, 6) is 0.758. The Morgan fingerprint density at radius 3 is 2.84 bits per heavy atom. The number of carbonyl (C=O) groups is 1. The van der Waals surface area contributed by atoms with Gasteiger partial charge in [0.2, 0.25) is 0 Å². The summed E-state index contributed by atoms with van der Waals surface area (Å²) in [7, 11) is 1.62. The standard InChI is InChI=1S/C19H22N2O4/c1-25-18-8-3-2-7-17(18)13-5-4-6-14(9-13)20-19(24)21-11-16(23)10-15(21)12-22/h2-9,15-16,22-23H,10-12H2,1H3,(H,20,24). The third-order valence-electron chi connectivity index (χ3n) is 4.40. The van der Waals surface area contributed by atoms with Crippen LogP contribution in [-0.4, -0.2) is 53.6 Å². The molecule has 0 aromatic heterocycles. The Morgan fingerprint density at radius 1 is 1.28 bits per heavy atom. The Labute approximate surface area is 146 Å². The molecular formula is C19H22N2O4. The molecule has 0 spiro atoms. The molecule has 6 heteroatoms. The number of nitrogens with one attached hydrogen (secondary N) is 1. The van der Waals surface area contributed by atoms with Crippen molar-refractivity contribution in [3.8, 4) is 16.9 Å². The van der Waals surface area contributed by atoms with E-state index in [0.717, 1.165) is 16.9 Å². The van der Waals surface area contributed by atoms with E-state index in [2.05, 4.69) is 5.32 Å². The summed E-state index contributed by atoms with van der Waals surface area (Å²) in [6, 6.07) is 14.5. The maximum atomic E-state index is 12.5. The Bertz CT molecular complexity index is 750. The molecule has 2 aromatic carbocycles. The van der Waals surface area contributed by atoms with E-state index in [0.29, 0.717) is 12.1 Å². The van der Waals surface area contributed by atoms with Gasteiger partial charge in [-0.1, -0.05) is 30.3 Å². The van der Waals surface area contributed by atoms with Crippen LogP contribution in [0.25, 0.3) is 11.1 Å². The van der Waals surface area contributed by atoms with Gasteiger partial charge in [0.15, 0.2) is 0 Å². The van der Waals surface area contributed by atoms with Crippen LogP contribution in [0.3, 0.4) is 0 Å². The van der Waals surface area contributed by atoms with E-state index in [9.17, 15) is 15.0 Å². The van der Waals surface area contributed by atoms with Crippen LogP contribution in [0.4, 0.5) is 10.5 Å². The lowest BCUT2D eigenvalue weighted by atomic mass is 10.0. The number of aliphatic hydroxyl groups excluding tert-OH is 2. The van der Waals surface area contributed by atoms with Crippen molar-refractivity contribution < 1.29 is 19.7 Å². The third kappa shape index (κ3) is 3.75.